The SMILES string of the molecule is CN=C(NCc1nc(C(C)C)cs1)NC[C@H]1CCCN1CC(C)C.I. The monoisotopic (exact) mass is 479 g/mol. The molecule has 25 heavy (non-hydrogen) atoms. The van der Waals surface area contributed by atoms with Crippen LogP contribution in [0.25, 0.3) is 0 Å². The lowest BCUT2D eigenvalue weighted by Crippen LogP contribution is -2.45. The van der Waals surface area contributed by atoms with Gasteiger partial charge in [0.15, 0.2) is 5.96 Å². The molecule has 0 amide bonds. The van der Waals surface area contributed by atoms with Crippen LogP contribution in [0.4, 0.5) is 0 Å². The van der Waals surface area contributed by atoms with Crippen molar-refractivity contribution in [2.75, 3.05) is 26.7 Å². The fourth-order valence-corrected chi connectivity index (χ4v) is 4.00. The summed E-state index contributed by atoms with van der Waals surface area (Å²) in [4.78, 5) is 11.6. The first-order valence-corrected chi connectivity index (χ1v) is 10.0. The van der Waals surface area contributed by atoms with Crippen LogP contribution in [0.15, 0.2) is 10.4 Å². The van der Waals surface area contributed by atoms with Crippen molar-refractivity contribution >= 4 is 41.3 Å². The molecule has 0 radical (unpaired) electrons. The lowest BCUT2D eigenvalue weighted by atomic mass is 10.1. The minimum atomic E-state index is 0. The Kier molecular flexibility index (Phi) is 10.3. The number of hydrogen-bond acceptors (Lipinski definition) is 4. The number of nitrogens with one attached hydrogen (secondary N) is 2. The van der Waals surface area contributed by atoms with Crippen LogP contribution >= 0.6 is 35.3 Å². The molecule has 144 valence electrons. The van der Waals surface area contributed by atoms with Crippen LogP contribution in [0.5, 0.6) is 0 Å². The Hall–Kier alpha value is -0.410. The number of halogens is 1. The molecule has 2 rings (SSSR count). The minimum absolute atomic E-state index is 0. The van der Waals surface area contributed by atoms with Crippen molar-refractivity contribution in [3.8, 4) is 0 Å². The van der Waals surface area contributed by atoms with Gasteiger partial charge in [0.25, 0.3) is 0 Å². The summed E-state index contributed by atoms with van der Waals surface area (Å²) in [6.45, 7) is 13.1. The van der Waals surface area contributed by atoms with Crippen molar-refractivity contribution in [3.05, 3.63) is 16.1 Å². The maximum atomic E-state index is 4.66. The molecule has 1 aromatic rings. The Bertz CT molecular complexity index is 529. The van der Waals surface area contributed by atoms with Gasteiger partial charge in [-0.05, 0) is 31.2 Å². The number of likely N-dealkylation sites (tertiary alicyclic amines) is 1. The van der Waals surface area contributed by atoms with Crippen LogP contribution < -0.4 is 10.6 Å². The third-order valence-electron chi connectivity index (χ3n) is 4.40. The topological polar surface area (TPSA) is 52.6 Å². The van der Waals surface area contributed by atoms with Gasteiger partial charge in [0.1, 0.15) is 5.01 Å². The van der Waals surface area contributed by atoms with Gasteiger partial charge in [-0.3, -0.25) is 9.89 Å². The summed E-state index contributed by atoms with van der Waals surface area (Å²) in [5.74, 6) is 2.08. The van der Waals surface area contributed by atoms with Crippen molar-refractivity contribution < 1.29 is 0 Å². The van der Waals surface area contributed by atoms with Gasteiger partial charge in [-0.15, -0.1) is 35.3 Å². The molecule has 1 aliphatic heterocycles. The lowest BCUT2D eigenvalue weighted by molar-refractivity contribution is 0.226. The molecule has 0 bridgehead atoms. The van der Waals surface area contributed by atoms with E-state index in [4.69, 9.17) is 0 Å². The predicted molar refractivity (Wildman–Crippen MR) is 119 cm³/mol. The number of thiazole rings is 1. The van der Waals surface area contributed by atoms with Crippen LogP contribution in [0.3, 0.4) is 0 Å². The highest BCUT2D eigenvalue weighted by Gasteiger charge is 2.24. The van der Waals surface area contributed by atoms with Crippen molar-refractivity contribution in [2.45, 2.75) is 59.0 Å². The molecule has 1 aromatic heterocycles. The summed E-state index contributed by atoms with van der Waals surface area (Å²) in [5, 5.41) is 10.1. The molecule has 0 spiro atoms. The molecule has 5 nitrogen and oxygen atoms in total. The largest absolute Gasteiger partial charge is 0.355 e. The number of aromatic nitrogens is 1. The van der Waals surface area contributed by atoms with Gasteiger partial charge >= 0.3 is 0 Å². The number of aliphatic imine (C=N–C) groups is 1. The van der Waals surface area contributed by atoms with Gasteiger partial charge in [-0.25, -0.2) is 4.98 Å². The molecular formula is C18H34IN5S. The normalized spacial score (nSPS) is 18.7. The zero-order valence-corrected chi connectivity index (χ0v) is 19.4. The van der Waals surface area contributed by atoms with Crippen LogP contribution in [0.2, 0.25) is 0 Å². The van der Waals surface area contributed by atoms with Gasteiger partial charge in [0.2, 0.25) is 0 Å². The Morgan fingerprint density at radius 1 is 1.36 bits per heavy atom. The average molecular weight is 479 g/mol. The van der Waals surface area contributed by atoms with E-state index in [-0.39, 0.29) is 24.0 Å². The van der Waals surface area contributed by atoms with Gasteiger partial charge in [0.05, 0.1) is 12.2 Å². The first kappa shape index (κ1) is 22.6. The van der Waals surface area contributed by atoms with Crippen LogP contribution in [-0.4, -0.2) is 48.6 Å². The zero-order valence-electron chi connectivity index (χ0n) is 16.2. The summed E-state index contributed by atoms with van der Waals surface area (Å²) in [6.07, 6.45) is 2.59. The van der Waals surface area contributed by atoms with E-state index in [1.54, 1.807) is 11.3 Å². The van der Waals surface area contributed by atoms with E-state index in [2.05, 4.69) is 58.6 Å². The minimum Gasteiger partial charge on any atom is -0.355 e. The summed E-state index contributed by atoms with van der Waals surface area (Å²) in [5.41, 5.74) is 1.18. The molecule has 0 aliphatic carbocycles. The van der Waals surface area contributed by atoms with Crippen molar-refractivity contribution in [1.82, 2.24) is 20.5 Å². The van der Waals surface area contributed by atoms with Gasteiger partial charge in [0, 0.05) is 31.6 Å². The standard InChI is InChI=1S/C18H33N5S.HI/c1-13(2)11-23-8-6-7-15(23)9-20-18(19-5)21-10-17-22-16(12-24-17)14(3)4;/h12-15H,6-11H2,1-5H3,(H2,19,20,21);1H/t15-;/m1./s1. The van der Waals surface area contributed by atoms with Crippen LogP contribution in [-0.2, 0) is 6.54 Å². The molecule has 0 aromatic carbocycles. The Morgan fingerprint density at radius 3 is 2.72 bits per heavy atom. The zero-order chi connectivity index (χ0) is 17.5. The fourth-order valence-electron chi connectivity index (χ4n) is 3.10. The highest BCUT2D eigenvalue weighted by molar-refractivity contribution is 14.0. The molecule has 1 saturated heterocycles. The molecule has 0 unspecified atom stereocenters. The van der Waals surface area contributed by atoms with Crippen molar-refractivity contribution in [2.24, 2.45) is 10.9 Å². The highest BCUT2D eigenvalue weighted by atomic mass is 127. The second-order valence-electron chi connectivity index (χ2n) is 7.31. The third-order valence-corrected chi connectivity index (χ3v) is 5.26. The quantitative estimate of drug-likeness (QED) is 0.356. The molecule has 1 fully saturated rings. The summed E-state index contributed by atoms with van der Waals surface area (Å²) in [6, 6.07) is 0.623. The molecule has 2 N–H and O–H groups in total. The molecule has 2 heterocycles. The smallest absolute Gasteiger partial charge is 0.191 e. The fraction of sp³-hybridized carbons (Fsp3) is 0.778. The first-order valence-electron chi connectivity index (χ1n) is 9.12. The van der Waals surface area contributed by atoms with E-state index in [0.717, 1.165) is 30.0 Å². The Morgan fingerprint density at radius 2 is 2.12 bits per heavy atom. The lowest BCUT2D eigenvalue weighted by Gasteiger charge is -2.26. The summed E-state index contributed by atoms with van der Waals surface area (Å²) in [7, 11) is 1.83. The molecular weight excluding hydrogens is 445 g/mol. The first-order chi connectivity index (χ1) is 11.5. The second kappa shape index (κ2) is 11.3. The number of hydrogen-bond donors (Lipinski definition) is 2. The van der Waals surface area contributed by atoms with Crippen LogP contribution in [0, 0.1) is 5.92 Å². The molecule has 1 atom stereocenters. The van der Waals surface area contributed by atoms with Gasteiger partial charge in [-0.2, -0.15) is 0 Å². The molecule has 0 saturated carbocycles. The van der Waals surface area contributed by atoms with Gasteiger partial charge < -0.3 is 10.6 Å². The average Bonchev–Trinajstić information content (AvgIpc) is 3.16. The predicted octanol–water partition coefficient (Wildman–Crippen LogP) is 3.67. The maximum absolute atomic E-state index is 4.66. The van der Waals surface area contributed by atoms with Crippen molar-refractivity contribution in [3.63, 3.8) is 0 Å². The Balaban J connectivity index is 0.00000312. The second-order valence-corrected chi connectivity index (χ2v) is 8.25. The van der Waals surface area contributed by atoms with Gasteiger partial charge in [-0.1, -0.05) is 27.7 Å². The maximum Gasteiger partial charge on any atom is 0.191 e. The summed E-state index contributed by atoms with van der Waals surface area (Å²) >= 11 is 1.72. The Labute approximate surface area is 174 Å². The van der Waals surface area contributed by atoms with E-state index in [9.17, 15) is 0 Å². The van der Waals surface area contributed by atoms with E-state index in [1.165, 1.54) is 31.6 Å². The number of guanidine groups is 1. The van der Waals surface area contributed by atoms with E-state index in [1.807, 2.05) is 7.05 Å². The third kappa shape index (κ3) is 7.38. The number of nitrogens with zero attached hydrogens (tertiary/aromatic N) is 3. The van der Waals surface area contributed by atoms with E-state index in [0.29, 0.717) is 12.0 Å². The number of rotatable bonds is 7. The molecule has 1 aliphatic rings. The van der Waals surface area contributed by atoms with Crippen LogP contribution in [0.1, 0.15) is 57.2 Å². The van der Waals surface area contributed by atoms with E-state index >= 15 is 0 Å². The van der Waals surface area contributed by atoms with E-state index < -0.39 is 0 Å². The highest BCUT2D eigenvalue weighted by Crippen LogP contribution is 2.18. The van der Waals surface area contributed by atoms with Crippen molar-refractivity contribution in [1.29, 1.82) is 0 Å². The summed E-state index contributed by atoms with van der Waals surface area (Å²) < 4.78 is 0. The molecule has 7 heteroatoms.